The van der Waals surface area contributed by atoms with E-state index < -0.39 is 0 Å². The van der Waals surface area contributed by atoms with E-state index in [1.54, 1.807) is 24.3 Å². The number of anilines is 1. The number of nitrogens with zero attached hydrogens (tertiary/aromatic N) is 2. The number of rotatable bonds is 3. The highest BCUT2D eigenvalue weighted by Crippen LogP contribution is 2.14. The number of benzene rings is 2. The summed E-state index contributed by atoms with van der Waals surface area (Å²) in [7, 11) is 1.89. The van der Waals surface area contributed by atoms with E-state index in [0.29, 0.717) is 10.8 Å². The molecule has 1 amide bonds. The van der Waals surface area contributed by atoms with E-state index in [2.05, 4.69) is 21.2 Å². The largest absolute Gasteiger partial charge is 0.331 e. The molecule has 0 radical (unpaired) electrons. The van der Waals surface area contributed by atoms with Gasteiger partial charge in [0.15, 0.2) is 5.11 Å². The zero-order valence-corrected chi connectivity index (χ0v) is 15.0. The molecular weight excluding hydrogens is 358 g/mol. The van der Waals surface area contributed by atoms with Crippen molar-refractivity contribution in [1.82, 2.24) is 20.4 Å². The lowest BCUT2D eigenvalue weighted by atomic mass is 10.3. The number of para-hydroxylation sites is 2. The molecule has 0 bridgehead atoms. The number of hydrogen-bond donors (Lipinski definition) is 3. The molecule has 25 heavy (non-hydrogen) atoms. The molecular formula is C17H16ClN5OS. The monoisotopic (exact) mass is 373 g/mol. The van der Waals surface area contributed by atoms with Crippen molar-refractivity contribution in [2.45, 2.75) is 6.42 Å². The molecule has 0 spiro atoms. The topological polar surface area (TPSA) is 71.0 Å². The van der Waals surface area contributed by atoms with Crippen molar-refractivity contribution in [2.24, 2.45) is 7.05 Å². The fourth-order valence-electron chi connectivity index (χ4n) is 2.36. The zero-order valence-electron chi connectivity index (χ0n) is 13.4. The normalized spacial score (nSPS) is 10.5. The highest BCUT2D eigenvalue weighted by molar-refractivity contribution is 7.80. The first-order chi connectivity index (χ1) is 12.0. The predicted molar refractivity (Wildman–Crippen MR) is 103 cm³/mol. The molecule has 0 saturated carbocycles. The SMILES string of the molecule is Cn1c(CC(=O)NNC(=S)Nc2ccc(Cl)cc2)nc2ccccc21. The number of imidazole rings is 1. The number of halogens is 1. The average Bonchev–Trinajstić information content (AvgIpc) is 2.91. The second-order valence-corrected chi connectivity index (χ2v) is 6.23. The van der Waals surface area contributed by atoms with Crippen molar-refractivity contribution in [2.75, 3.05) is 5.32 Å². The summed E-state index contributed by atoms with van der Waals surface area (Å²) in [5, 5.41) is 3.86. The number of carbonyl (C=O) groups excluding carboxylic acids is 1. The number of fused-ring (bicyclic) bond motifs is 1. The van der Waals surface area contributed by atoms with Crippen LogP contribution >= 0.6 is 23.8 Å². The van der Waals surface area contributed by atoms with Crippen LogP contribution in [-0.2, 0) is 18.3 Å². The molecule has 1 aromatic heterocycles. The Morgan fingerprint density at radius 2 is 1.88 bits per heavy atom. The van der Waals surface area contributed by atoms with Crippen LogP contribution in [0.15, 0.2) is 48.5 Å². The number of hydrogen-bond acceptors (Lipinski definition) is 3. The maximum atomic E-state index is 12.1. The van der Waals surface area contributed by atoms with Crippen LogP contribution in [0.5, 0.6) is 0 Å². The van der Waals surface area contributed by atoms with E-state index in [9.17, 15) is 4.79 Å². The van der Waals surface area contributed by atoms with Gasteiger partial charge in [0.2, 0.25) is 5.91 Å². The molecule has 6 nitrogen and oxygen atoms in total. The van der Waals surface area contributed by atoms with Crippen LogP contribution in [0, 0.1) is 0 Å². The molecule has 0 atom stereocenters. The van der Waals surface area contributed by atoms with Crippen molar-refractivity contribution in [3.8, 4) is 0 Å². The Hall–Kier alpha value is -2.64. The molecule has 2 aromatic carbocycles. The highest BCUT2D eigenvalue weighted by Gasteiger charge is 2.11. The third kappa shape index (κ3) is 4.26. The number of aromatic nitrogens is 2. The van der Waals surface area contributed by atoms with Crippen LogP contribution in [0.1, 0.15) is 5.82 Å². The van der Waals surface area contributed by atoms with Gasteiger partial charge in [-0.2, -0.15) is 0 Å². The summed E-state index contributed by atoms with van der Waals surface area (Å²) in [4.78, 5) is 16.6. The summed E-state index contributed by atoms with van der Waals surface area (Å²) < 4.78 is 1.90. The van der Waals surface area contributed by atoms with Crippen LogP contribution < -0.4 is 16.2 Å². The molecule has 0 saturated heterocycles. The van der Waals surface area contributed by atoms with Gasteiger partial charge in [0.25, 0.3) is 0 Å². The molecule has 3 rings (SSSR count). The summed E-state index contributed by atoms with van der Waals surface area (Å²) in [6.45, 7) is 0. The van der Waals surface area contributed by atoms with Crippen LogP contribution in [0.25, 0.3) is 11.0 Å². The summed E-state index contributed by atoms with van der Waals surface area (Å²) >= 11 is 11.0. The minimum absolute atomic E-state index is 0.141. The molecule has 128 valence electrons. The third-order valence-corrected chi connectivity index (χ3v) is 4.07. The fourth-order valence-corrected chi connectivity index (χ4v) is 2.66. The van der Waals surface area contributed by atoms with Crippen molar-refractivity contribution in [3.05, 3.63) is 59.4 Å². The Labute approximate surface area is 155 Å². The number of aryl methyl sites for hydroxylation is 1. The van der Waals surface area contributed by atoms with Gasteiger partial charge in [0.05, 0.1) is 17.5 Å². The Morgan fingerprint density at radius 3 is 2.60 bits per heavy atom. The minimum atomic E-state index is -0.237. The van der Waals surface area contributed by atoms with Gasteiger partial charge >= 0.3 is 0 Å². The van der Waals surface area contributed by atoms with Gasteiger partial charge in [-0.1, -0.05) is 23.7 Å². The number of nitrogens with one attached hydrogen (secondary N) is 3. The van der Waals surface area contributed by atoms with Crippen molar-refractivity contribution in [1.29, 1.82) is 0 Å². The third-order valence-electron chi connectivity index (χ3n) is 3.62. The lowest BCUT2D eigenvalue weighted by molar-refractivity contribution is -0.121. The molecule has 0 unspecified atom stereocenters. The van der Waals surface area contributed by atoms with Crippen LogP contribution in [-0.4, -0.2) is 20.6 Å². The van der Waals surface area contributed by atoms with Gasteiger partial charge in [-0.05, 0) is 48.6 Å². The molecule has 0 fully saturated rings. The highest BCUT2D eigenvalue weighted by atomic mass is 35.5. The molecule has 0 aliphatic carbocycles. The van der Waals surface area contributed by atoms with E-state index in [0.717, 1.165) is 16.7 Å². The van der Waals surface area contributed by atoms with Gasteiger partial charge < -0.3 is 9.88 Å². The number of thiocarbonyl (C=S) groups is 1. The van der Waals surface area contributed by atoms with Crippen LogP contribution in [0.4, 0.5) is 5.69 Å². The number of amides is 1. The quantitative estimate of drug-likeness (QED) is 0.486. The Bertz CT molecular complexity index is 922. The van der Waals surface area contributed by atoms with Gasteiger partial charge in [0, 0.05) is 17.8 Å². The lowest BCUT2D eigenvalue weighted by Gasteiger charge is -2.11. The Balaban J connectivity index is 1.54. The van der Waals surface area contributed by atoms with E-state index in [1.807, 2.05) is 35.9 Å². The molecule has 3 aromatic rings. The number of carbonyl (C=O) groups is 1. The molecule has 0 aliphatic heterocycles. The summed E-state index contributed by atoms with van der Waals surface area (Å²) in [6.07, 6.45) is 0.141. The maximum Gasteiger partial charge on any atom is 0.245 e. The minimum Gasteiger partial charge on any atom is -0.331 e. The van der Waals surface area contributed by atoms with Gasteiger partial charge in [-0.25, -0.2) is 4.98 Å². The summed E-state index contributed by atoms with van der Waals surface area (Å²) in [5.41, 5.74) is 7.85. The Kier molecular flexibility index (Phi) is 5.16. The van der Waals surface area contributed by atoms with Gasteiger partial charge in [-0.3, -0.25) is 15.6 Å². The van der Waals surface area contributed by atoms with Crippen molar-refractivity contribution >= 4 is 51.6 Å². The number of hydrazine groups is 1. The molecule has 3 N–H and O–H groups in total. The molecule has 8 heteroatoms. The van der Waals surface area contributed by atoms with Crippen molar-refractivity contribution in [3.63, 3.8) is 0 Å². The average molecular weight is 374 g/mol. The van der Waals surface area contributed by atoms with E-state index >= 15 is 0 Å². The molecule has 0 aliphatic rings. The fraction of sp³-hybridized carbons (Fsp3) is 0.118. The molecule has 1 heterocycles. The predicted octanol–water partition coefficient (Wildman–Crippen LogP) is 2.79. The van der Waals surface area contributed by atoms with Crippen molar-refractivity contribution < 1.29 is 4.79 Å². The van der Waals surface area contributed by atoms with Crippen LogP contribution in [0.2, 0.25) is 5.02 Å². The summed E-state index contributed by atoms with van der Waals surface area (Å²) in [6, 6.07) is 14.8. The van der Waals surface area contributed by atoms with E-state index in [4.69, 9.17) is 23.8 Å². The van der Waals surface area contributed by atoms with Gasteiger partial charge in [0.1, 0.15) is 5.82 Å². The first-order valence-corrected chi connectivity index (χ1v) is 8.33. The first kappa shape index (κ1) is 17.2. The zero-order chi connectivity index (χ0) is 17.8. The second kappa shape index (κ2) is 7.50. The van der Waals surface area contributed by atoms with Crippen LogP contribution in [0.3, 0.4) is 0 Å². The Morgan fingerprint density at radius 1 is 1.16 bits per heavy atom. The van der Waals surface area contributed by atoms with E-state index in [-0.39, 0.29) is 17.4 Å². The lowest BCUT2D eigenvalue weighted by Crippen LogP contribution is -2.44. The summed E-state index contributed by atoms with van der Waals surface area (Å²) in [5.74, 6) is 0.441. The van der Waals surface area contributed by atoms with Gasteiger partial charge in [-0.15, -0.1) is 0 Å². The maximum absolute atomic E-state index is 12.1. The van der Waals surface area contributed by atoms with E-state index in [1.165, 1.54) is 0 Å². The standard InChI is InChI=1S/C17H16ClN5OS/c1-23-14-5-3-2-4-13(14)20-15(23)10-16(24)21-22-17(25)19-12-8-6-11(18)7-9-12/h2-9H,10H2,1H3,(H,21,24)(H2,19,22,25). The second-order valence-electron chi connectivity index (χ2n) is 5.39. The first-order valence-electron chi connectivity index (χ1n) is 7.54. The smallest absolute Gasteiger partial charge is 0.245 e.